The van der Waals surface area contributed by atoms with E-state index in [0.717, 1.165) is 11.3 Å². The van der Waals surface area contributed by atoms with Crippen molar-refractivity contribution < 1.29 is 10.0 Å². The summed E-state index contributed by atoms with van der Waals surface area (Å²) in [6.45, 7) is 0. The van der Waals surface area contributed by atoms with Gasteiger partial charge in [0.05, 0.1) is 11.4 Å². The monoisotopic (exact) mass is 252 g/mol. The second-order valence-corrected chi connectivity index (χ2v) is 4.17. The summed E-state index contributed by atoms with van der Waals surface area (Å²) in [7, 11) is 0. The minimum atomic E-state index is -0.507. The minimum absolute atomic E-state index is 0.507. The van der Waals surface area contributed by atoms with Crippen molar-refractivity contribution in [2.45, 2.75) is 0 Å². The second kappa shape index (κ2) is 4.59. The average molecular weight is 252 g/mol. The van der Waals surface area contributed by atoms with Gasteiger partial charge in [-0.3, -0.25) is 10.1 Å². The maximum Gasteiger partial charge on any atom is 0.357 e. The highest BCUT2D eigenvalue weighted by atomic mass is 16.5. The van der Waals surface area contributed by atoms with Crippen molar-refractivity contribution in [1.82, 2.24) is 5.06 Å². The van der Waals surface area contributed by atoms with Crippen molar-refractivity contribution in [2.75, 3.05) is 4.90 Å². The molecule has 2 aromatic carbocycles. The molecule has 1 aliphatic rings. The van der Waals surface area contributed by atoms with Gasteiger partial charge in [0, 0.05) is 11.8 Å². The van der Waals surface area contributed by atoms with E-state index in [4.69, 9.17) is 0 Å². The van der Waals surface area contributed by atoms with Gasteiger partial charge in [0.2, 0.25) is 0 Å². The maximum atomic E-state index is 12.3. The lowest BCUT2D eigenvalue weighted by Crippen LogP contribution is -2.35. The third-order valence-corrected chi connectivity index (χ3v) is 2.97. The number of hydrogen-bond acceptors (Lipinski definition) is 2. The van der Waals surface area contributed by atoms with Crippen LogP contribution in [0, 0.1) is 0 Å². The first-order valence-electron chi connectivity index (χ1n) is 5.92. The largest absolute Gasteiger partial charge is 0.357 e. The van der Waals surface area contributed by atoms with Crippen molar-refractivity contribution in [2.24, 2.45) is 0 Å². The van der Waals surface area contributed by atoms with E-state index in [0.29, 0.717) is 10.8 Å². The zero-order valence-electron chi connectivity index (χ0n) is 10.1. The SMILES string of the molecule is O=C1N(O)C=Cc2ccccc2N1c1ccccc1. The van der Waals surface area contributed by atoms with E-state index in [1.807, 2.05) is 54.6 Å². The Morgan fingerprint density at radius 1 is 0.895 bits per heavy atom. The summed E-state index contributed by atoms with van der Waals surface area (Å²) in [5.74, 6) is 0. The Hall–Kier alpha value is -2.59. The quantitative estimate of drug-likeness (QED) is 0.788. The first-order chi connectivity index (χ1) is 9.27. The molecule has 4 nitrogen and oxygen atoms in total. The van der Waals surface area contributed by atoms with E-state index >= 15 is 0 Å². The molecular formula is C15H12N2O2. The number of nitrogens with zero attached hydrogens (tertiary/aromatic N) is 2. The molecule has 0 aromatic heterocycles. The van der Waals surface area contributed by atoms with Crippen molar-refractivity contribution in [3.63, 3.8) is 0 Å². The lowest BCUT2D eigenvalue weighted by Gasteiger charge is -2.24. The molecule has 1 heterocycles. The van der Waals surface area contributed by atoms with Crippen LogP contribution in [-0.2, 0) is 0 Å². The van der Waals surface area contributed by atoms with Crippen LogP contribution in [0.3, 0.4) is 0 Å². The number of para-hydroxylation sites is 2. The van der Waals surface area contributed by atoms with Crippen molar-refractivity contribution in [3.05, 3.63) is 66.4 Å². The van der Waals surface area contributed by atoms with Crippen molar-refractivity contribution in [3.8, 4) is 0 Å². The molecule has 0 aliphatic carbocycles. The van der Waals surface area contributed by atoms with Crippen LogP contribution >= 0.6 is 0 Å². The standard InChI is InChI=1S/C15H12N2O2/c18-15-16(19)11-10-12-6-4-5-9-14(12)17(15)13-7-2-1-3-8-13/h1-11,19H. The summed E-state index contributed by atoms with van der Waals surface area (Å²) in [6.07, 6.45) is 3.06. The first-order valence-corrected chi connectivity index (χ1v) is 5.92. The number of fused-ring (bicyclic) bond motifs is 1. The van der Waals surface area contributed by atoms with Gasteiger partial charge in [-0.15, -0.1) is 0 Å². The number of hydrogen-bond donors (Lipinski definition) is 1. The fourth-order valence-corrected chi connectivity index (χ4v) is 2.08. The summed E-state index contributed by atoms with van der Waals surface area (Å²) >= 11 is 0. The fourth-order valence-electron chi connectivity index (χ4n) is 2.08. The molecule has 19 heavy (non-hydrogen) atoms. The number of carbonyl (C=O) groups is 1. The van der Waals surface area contributed by atoms with Crippen LogP contribution in [-0.4, -0.2) is 16.3 Å². The second-order valence-electron chi connectivity index (χ2n) is 4.17. The highest BCUT2D eigenvalue weighted by Crippen LogP contribution is 2.32. The third-order valence-electron chi connectivity index (χ3n) is 2.97. The van der Waals surface area contributed by atoms with Crippen LogP contribution < -0.4 is 4.90 Å². The van der Waals surface area contributed by atoms with Gasteiger partial charge in [-0.05, 0) is 24.3 Å². The summed E-state index contributed by atoms with van der Waals surface area (Å²) in [4.78, 5) is 13.7. The predicted molar refractivity (Wildman–Crippen MR) is 73.1 cm³/mol. The molecule has 4 heteroatoms. The van der Waals surface area contributed by atoms with E-state index in [1.54, 1.807) is 6.08 Å². The molecular weight excluding hydrogens is 240 g/mol. The van der Waals surface area contributed by atoms with Crippen LogP contribution in [0.5, 0.6) is 0 Å². The van der Waals surface area contributed by atoms with Gasteiger partial charge >= 0.3 is 6.03 Å². The molecule has 2 aromatic rings. The molecule has 1 N–H and O–H groups in total. The Morgan fingerprint density at radius 2 is 1.58 bits per heavy atom. The molecule has 0 atom stereocenters. The number of carbonyl (C=O) groups excluding carboxylic acids is 1. The summed E-state index contributed by atoms with van der Waals surface area (Å²) < 4.78 is 0. The zero-order valence-corrected chi connectivity index (χ0v) is 10.1. The van der Waals surface area contributed by atoms with Gasteiger partial charge in [-0.25, -0.2) is 4.79 Å². The Labute approximate surface area is 110 Å². The number of urea groups is 1. The predicted octanol–water partition coefficient (Wildman–Crippen LogP) is 3.62. The van der Waals surface area contributed by atoms with E-state index in [9.17, 15) is 10.0 Å². The van der Waals surface area contributed by atoms with Crippen molar-refractivity contribution in [1.29, 1.82) is 0 Å². The lowest BCUT2D eigenvalue weighted by molar-refractivity contribution is 0.00903. The Balaban J connectivity index is 2.19. The lowest BCUT2D eigenvalue weighted by atomic mass is 10.1. The molecule has 0 fully saturated rings. The van der Waals surface area contributed by atoms with Crippen LogP contribution in [0.4, 0.5) is 16.2 Å². The molecule has 94 valence electrons. The van der Waals surface area contributed by atoms with Gasteiger partial charge in [-0.1, -0.05) is 36.4 Å². The van der Waals surface area contributed by atoms with E-state index in [2.05, 4.69) is 0 Å². The summed E-state index contributed by atoms with van der Waals surface area (Å²) in [5.41, 5.74) is 2.32. The number of benzene rings is 2. The average Bonchev–Trinajstić information content (AvgIpc) is 2.58. The molecule has 0 unspecified atom stereocenters. The van der Waals surface area contributed by atoms with E-state index < -0.39 is 6.03 Å². The number of amides is 2. The Bertz CT molecular complexity index is 638. The topological polar surface area (TPSA) is 43.8 Å². The molecule has 0 saturated carbocycles. The van der Waals surface area contributed by atoms with Gasteiger partial charge in [0.15, 0.2) is 0 Å². The van der Waals surface area contributed by atoms with E-state index in [1.165, 1.54) is 11.1 Å². The minimum Gasteiger partial charge on any atom is -0.280 e. The molecule has 3 rings (SSSR count). The molecule has 1 aliphatic heterocycles. The highest BCUT2D eigenvalue weighted by Gasteiger charge is 2.25. The number of hydroxylamine groups is 2. The van der Waals surface area contributed by atoms with Gasteiger partial charge < -0.3 is 0 Å². The third kappa shape index (κ3) is 1.98. The number of anilines is 2. The maximum absolute atomic E-state index is 12.3. The summed E-state index contributed by atoms with van der Waals surface area (Å²) in [6, 6.07) is 16.2. The first kappa shape index (κ1) is 11.5. The van der Waals surface area contributed by atoms with Crippen LogP contribution in [0.15, 0.2) is 60.8 Å². The van der Waals surface area contributed by atoms with Crippen molar-refractivity contribution >= 4 is 23.5 Å². The molecule has 2 amide bonds. The summed E-state index contributed by atoms with van der Waals surface area (Å²) in [5, 5.41) is 10.3. The smallest absolute Gasteiger partial charge is 0.280 e. The zero-order chi connectivity index (χ0) is 13.2. The molecule has 0 saturated heterocycles. The normalized spacial score (nSPS) is 14.3. The fraction of sp³-hybridized carbons (Fsp3) is 0. The molecule has 0 bridgehead atoms. The Kier molecular flexibility index (Phi) is 2.78. The van der Waals surface area contributed by atoms with Gasteiger partial charge in [-0.2, -0.15) is 5.06 Å². The van der Waals surface area contributed by atoms with Gasteiger partial charge in [0.25, 0.3) is 0 Å². The molecule has 0 spiro atoms. The highest BCUT2D eigenvalue weighted by molar-refractivity contribution is 6.02. The number of rotatable bonds is 1. The molecule has 0 radical (unpaired) electrons. The van der Waals surface area contributed by atoms with Gasteiger partial charge in [0.1, 0.15) is 0 Å². The van der Waals surface area contributed by atoms with Crippen LogP contribution in [0.1, 0.15) is 5.56 Å². The van der Waals surface area contributed by atoms with E-state index in [-0.39, 0.29) is 0 Å². The Morgan fingerprint density at radius 3 is 2.37 bits per heavy atom. The van der Waals surface area contributed by atoms with Crippen LogP contribution in [0.2, 0.25) is 0 Å². The van der Waals surface area contributed by atoms with Crippen LogP contribution in [0.25, 0.3) is 6.08 Å².